The van der Waals surface area contributed by atoms with Crippen LogP contribution in [0.15, 0.2) is 54.6 Å². The van der Waals surface area contributed by atoms with Crippen molar-refractivity contribution in [2.24, 2.45) is 0 Å². The van der Waals surface area contributed by atoms with E-state index in [-0.39, 0.29) is 0 Å². The zero-order chi connectivity index (χ0) is 23.3. The van der Waals surface area contributed by atoms with Crippen molar-refractivity contribution in [2.75, 3.05) is 28.4 Å². The molecule has 3 aromatic carbocycles. The van der Waals surface area contributed by atoms with Gasteiger partial charge in [0.05, 0.1) is 32.9 Å². The Morgan fingerprint density at radius 3 is 1.53 bits per heavy atom. The molecule has 0 heterocycles. The first kappa shape index (κ1) is 23.8. The predicted molar refractivity (Wildman–Crippen MR) is 131 cm³/mol. The fraction of sp³-hybridized carbons (Fsp3) is 0.0476. The summed E-state index contributed by atoms with van der Waals surface area (Å²) < 4.78 is 5.27. The van der Waals surface area contributed by atoms with E-state index in [9.17, 15) is 9.59 Å². The van der Waals surface area contributed by atoms with Crippen LogP contribution < -0.4 is 26.0 Å². The molecule has 0 atom stereocenters. The number of nitrogens with one attached hydrogen (secondary N) is 4. The van der Waals surface area contributed by atoms with Gasteiger partial charge in [-0.05, 0) is 54.6 Å². The van der Waals surface area contributed by atoms with Gasteiger partial charge in [0, 0.05) is 17.1 Å². The van der Waals surface area contributed by atoms with Crippen molar-refractivity contribution in [2.45, 2.75) is 0 Å². The van der Waals surface area contributed by atoms with Crippen LogP contribution in [-0.4, -0.2) is 19.2 Å². The Hall–Kier alpha value is -2.84. The molecule has 0 fully saturated rings. The number of rotatable bonds is 5. The summed E-state index contributed by atoms with van der Waals surface area (Å²) in [6.07, 6.45) is 0. The molecule has 4 N–H and O–H groups in total. The summed E-state index contributed by atoms with van der Waals surface area (Å²) in [5.41, 5.74) is 1.65. The molecule has 0 aliphatic carbocycles. The summed E-state index contributed by atoms with van der Waals surface area (Å²) in [4.78, 5) is 24.7. The lowest BCUT2D eigenvalue weighted by Crippen LogP contribution is -2.21. The molecule has 0 saturated carbocycles. The van der Waals surface area contributed by atoms with Crippen molar-refractivity contribution in [1.29, 1.82) is 0 Å². The second kappa shape index (κ2) is 10.7. The van der Waals surface area contributed by atoms with Crippen LogP contribution in [0.1, 0.15) is 0 Å². The van der Waals surface area contributed by atoms with E-state index in [2.05, 4.69) is 21.3 Å². The number of methoxy groups -OCH3 is 1. The minimum absolute atomic E-state index is 0.307. The standard InChI is InChI=1S/C21H16Cl4N4O3/c1-32-19-7-4-13(28-20(30)26-11-2-5-14(22)16(24)8-11)10-18(19)29-21(31)27-12-3-6-15(23)17(25)9-12/h2-10H,1H3,(H2,26,28,30)(H2,27,29,31). The summed E-state index contributed by atoms with van der Waals surface area (Å²) >= 11 is 23.7. The Morgan fingerprint density at radius 1 is 0.625 bits per heavy atom. The van der Waals surface area contributed by atoms with Gasteiger partial charge in [-0.3, -0.25) is 0 Å². The molecule has 11 heteroatoms. The smallest absolute Gasteiger partial charge is 0.323 e. The highest BCUT2D eigenvalue weighted by atomic mass is 35.5. The lowest BCUT2D eigenvalue weighted by Gasteiger charge is -2.14. The molecule has 0 spiro atoms. The highest BCUT2D eigenvalue weighted by molar-refractivity contribution is 6.42. The SMILES string of the molecule is COc1ccc(NC(=O)Nc2ccc(Cl)c(Cl)c2)cc1NC(=O)Nc1ccc(Cl)c(Cl)c1. The van der Waals surface area contributed by atoms with Gasteiger partial charge in [-0.1, -0.05) is 46.4 Å². The van der Waals surface area contributed by atoms with Crippen LogP contribution in [0.25, 0.3) is 0 Å². The van der Waals surface area contributed by atoms with E-state index in [0.29, 0.717) is 48.6 Å². The first-order valence-electron chi connectivity index (χ1n) is 8.99. The zero-order valence-corrected chi connectivity index (χ0v) is 19.5. The van der Waals surface area contributed by atoms with E-state index in [1.165, 1.54) is 19.2 Å². The summed E-state index contributed by atoms with van der Waals surface area (Å²) in [5.74, 6) is 0.393. The van der Waals surface area contributed by atoms with Crippen LogP contribution >= 0.6 is 46.4 Å². The molecule has 4 amide bonds. The number of hydrogen-bond donors (Lipinski definition) is 4. The first-order chi connectivity index (χ1) is 15.2. The highest BCUT2D eigenvalue weighted by Crippen LogP contribution is 2.29. The number of halogens is 4. The minimum atomic E-state index is -0.543. The molecule has 0 aliphatic rings. The minimum Gasteiger partial charge on any atom is -0.495 e. The van der Waals surface area contributed by atoms with E-state index < -0.39 is 12.1 Å². The largest absolute Gasteiger partial charge is 0.495 e. The maximum atomic E-state index is 12.4. The van der Waals surface area contributed by atoms with Gasteiger partial charge in [-0.2, -0.15) is 0 Å². The van der Waals surface area contributed by atoms with Crippen molar-refractivity contribution in [3.05, 3.63) is 74.7 Å². The second-order valence-corrected chi connectivity index (χ2v) is 7.96. The summed E-state index contributed by atoms with van der Waals surface area (Å²) in [7, 11) is 1.46. The van der Waals surface area contributed by atoms with Crippen molar-refractivity contribution >= 4 is 81.2 Å². The predicted octanol–water partition coefficient (Wildman–Crippen LogP) is 7.60. The Balaban J connectivity index is 1.68. The van der Waals surface area contributed by atoms with Crippen LogP contribution in [0, 0.1) is 0 Å². The molecule has 0 unspecified atom stereocenters. The number of benzene rings is 3. The Bertz CT molecular complexity index is 1170. The molecule has 0 radical (unpaired) electrons. The van der Waals surface area contributed by atoms with Gasteiger partial charge < -0.3 is 26.0 Å². The van der Waals surface area contributed by atoms with Crippen molar-refractivity contribution in [3.63, 3.8) is 0 Å². The van der Waals surface area contributed by atoms with Crippen LogP contribution in [0.3, 0.4) is 0 Å². The lowest BCUT2D eigenvalue weighted by atomic mass is 10.2. The number of carbonyl (C=O) groups excluding carboxylic acids is 2. The number of anilines is 4. The third-order valence-corrected chi connectivity index (χ3v) is 5.54. The van der Waals surface area contributed by atoms with Crippen LogP contribution in [0.2, 0.25) is 20.1 Å². The topological polar surface area (TPSA) is 91.5 Å². The molecule has 3 rings (SSSR count). The monoisotopic (exact) mass is 512 g/mol. The number of carbonyl (C=O) groups is 2. The molecule has 0 bridgehead atoms. The second-order valence-electron chi connectivity index (χ2n) is 6.33. The van der Waals surface area contributed by atoms with Crippen molar-refractivity contribution in [1.82, 2.24) is 0 Å². The van der Waals surface area contributed by atoms with Crippen LogP contribution in [0.5, 0.6) is 5.75 Å². The first-order valence-corrected chi connectivity index (χ1v) is 10.5. The van der Waals surface area contributed by atoms with Crippen molar-refractivity contribution in [3.8, 4) is 5.75 Å². The summed E-state index contributed by atoms with van der Waals surface area (Å²) in [6, 6.07) is 13.1. The Morgan fingerprint density at radius 2 is 1.06 bits per heavy atom. The molecule has 7 nitrogen and oxygen atoms in total. The highest BCUT2D eigenvalue weighted by Gasteiger charge is 2.12. The van der Waals surface area contributed by atoms with E-state index in [4.69, 9.17) is 51.1 Å². The Kier molecular flexibility index (Phi) is 7.93. The van der Waals surface area contributed by atoms with Crippen LogP contribution in [-0.2, 0) is 0 Å². The summed E-state index contributed by atoms with van der Waals surface area (Å²) in [5, 5.41) is 12.0. The fourth-order valence-electron chi connectivity index (χ4n) is 2.61. The van der Waals surface area contributed by atoms with Gasteiger partial charge in [0.15, 0.2) is 0 Å². The molecule has 32 heavy (non-hydrogen) atoms. The summed E-state index contributed by atoms with van der Waals surface area (Å²) in [6.45, 7) is 0. The number of urea groups is 2. The average molecular weight is 514 g/mol. The maximum absolute atomic E-state index is 12.4. The quantitative estimate of drug-likeness (QED) is 0.283. The van der Waals surface area contributed by atoms with E-state index in [1.807, 2.05) is 0 Å². The molecule has 0 aromatic heterocycles. The molecular weight excluding hydrogens is 498 g/mol. The molecular formula is C21H16Cl4N4O3. The van der Waals surface area contributed by atoms with Gasteiger partial charge in [0.25, 0.3) is 0 Å². The molecule has 3 aromatic rings. The normalized spacial score (nSPS) is 10.3. The molecule has 0 saturated heterocycles. The fourth-order valence-corrected chi connectivity index (χ4v) is 3.21. The van der Waals surface area contributed by atoms with E-state index in [1.54, 1.807) is 42.5 Å². The lowest BCUT2D eigenvalue weighted by molar-refractivity contribution is 0.261. The van der Waals surface area contributed by atoms with Crippen LogP contribution in [0.4, 0.5) is 32.3 Å². The zero-order valence-electron chi connectivity index (χ0n) is 16.4. The molecule has 166 valence electrons. The third-order valence-electron chi connectivity index (χ3n) is 4.06. The maximum Gasteiger partial charge on any atom is 0.323 e. The van der Waals surface area contributed by atoms with Gasteiger partial charge >= 0.3 is 12.1 Å². The molecule has 0 aliphatic heterocycles. The van der Waals surface area contributed by atoms with Gasteiger partial charge in [0.2, 0.25) is 0 Å². The van der Waals surface area contributed by atoms with Gasteiger partial charge in [-0.25, -0.2) is 9.59 Å². The number of amides is 4. The number of hydrogen-bond acceptors (Lipinski definition) is 3. The average Bonchev–Trinajstić information content (AvgIpc) is 2.73. The Labute approximate surface area is 203 Å². The van der Waals surface area contributed by atoms with E-state index >= 15 is 0 Å². The van der Waals surface area contributed by atoms with E-state index in [0.717, 1.165) is 0 Å². The number of ether oxygens (including phenoxy) is 1. The van der Waals surface area contributed by atoms with Gasteiger partial charge in [-0.15, -0.1) is 0 Å². The third kappa shape index (κ3) is 6.34. The van der Waals surface area contributed by atoms with Crippen molar-refractivity contribution < 1.29 is 14.3 Å². The van der Waals surface area contributed by atoms with Gasteiger partial charge in [0.1, 0.15) is 5.75 Å².